The number of hydrogen-bond donors (Lipinski definition) is 2. The lowest BCUT2D eigenvalue weighted by Crippen LogP contribution is -2.29. The van der Waals surface area contributed by atoms with E-state index in [0.29, 0.717) is 24.2 Å². The summed E-state index contributed by atoms with van der Waals surface area (Å²) in [4.78, 5) is 27.3. The van der Waals surface area contributed by atoms with Gasteiger partial charge in [0, 0.05) is 6.61 Å². The molecule has 2 aromatic rings. The quantitative estimate of drug-likeness (QED) is 0.842. The van der Waals surface area contributed by atoms with E-state index in [0.717, 1.165) is 6.42 Å². The standard InChI is InChI=1S/C12H14ClN5O2/c1-2-7-6(3-4-20-7)11(19)18-12-16-9(13)8-10(17-12)15-5-14-8/h5-7H,2-4H2,1H3,(H2,14,15,16,17,18,19). The van der Waals surface area contributed by atoms with E-state index in [2.05, 4.69) is 25.3 Å². The first-order valence-corrected chi connectivity index (χ1v) is 6.86. The summed E-state index contributed by atoms with van der Waals surface area (Å²) in [7, 11) is 0. The van der Waals surface area contributed by atoms with Gasteiger partial charge in [-0.2, -0.15) is 9.97 Å². The zero-order valence-electron chi connectivity index (χ0n) is 10.9. The molecule has 2 aromatic heterocycles. The summed E-state index contributed by atoms with van der Waals surface area (Å²) in [6, 6.07) is 0. The Morgan fingerprint density at radius 1 is 1.60 bits per heavy atom. The number of H-pyrrole nitrogens is 1. The van der Waals surface area contributed by atoms with E-state index in [-0.39, 0.29) is 29.0 Å². The molecule has 0 aromatic carbocycles. The Morgan fingerprint density at radius 3 is 3.25 bits per heavy atom. The number of amides is 1. The molecule has 0 bridgehead atoms. The van der Waals surface area contributed by atoms with E-state index >= 15 is 0 Å². The molecule has 1 fully saturated rings. The molecule has 8 heteroatoms. The summed E-state index contributed by atoms with van der Waals surface area (Å²) in [5.74, 6) is -0.140. The third-order valence-corrected chi connectivity index (χ3v) is 3.70. The smallest absolute Gasteiger partial charge is 0.233 e. The van der Waals surface area contributed by atoms with Gasteiger partial charge in [-0.3, -0.25) is 10.1 Å². The van der Waals surface area contributed by atoms with E-state index in [1.165, 1.54) is 6.33 Å². The number of aromatic nitrogens is 4. The number of nitrogens with one attached hydrogen (secondary N) is 2. The van der Waals surface area contributed by atoms with Gasteiger partial charge in [-0.1, -0.05) is 18.5 Å². The Morgan fingerprint density at radius 2 is 2.45 bits per heavy atom. The minimum absolute atomic E-state index is 0.0420. The Bertz CT molecular complexity index is 644. The molecule has 1 aliphatic rings. The molecule has 7 nitrogen and oxygen atoms in total. The van der Waals surface area contributed by atoms with Crippen LogP contribution in [0.15, 0.2) is 6.33 Å². The van der Waals surface area contributed by atoms with Crippen molar-refractivity contribution in [3.63, 3.8) is 0 Å². The average Bonchev–Trinajstić information content (AvgIpc) is 3.06. The largest absolute Gasteiger partial charge is 0.377 e. The van der Waals surface area contributed by atoms with Crippen molar-refractivity contribution >= 4 is 34.6 Å². The van der Waals surface area contributed by atoms with E-state index in [1.54, 1.807) is 0 Å². The maximum Gasteiger partial charge on any atom is 0.233 e. The molecule has 20 heavy (non-hydrogen) atoms. The second-order valence-corrected chi connectivity index (χ2v) is 5.00. The molecule has 2 unspecified atom stereocenters. The molecule has 1 saturated heterocycles. The first kappa shape index (κ1) is 13.3. The maximum absolute atomic E-state index is 12.2. The molecule has 2 N–H and O–H groups in total. The van der Waals surface area contributed by atoms with Crippen LogP contribution in [0.1, 0.15) is 19.8 Å². The fourth-order valence-corrected chi connectivity index (χ4v) is 2.63. The second-order valence-electron chi connectivity index (χ2n) is 4.64. The maximum atomic E-state index is 12.2. The van der Waals surface area contributed by atoms with Gasteiger partial charge in [0.05, 0.1) is 18.3 Å². The zero-order chi connectivity index (χ0) is 14.1. The van der Waals surface area contributed by atoms with Gasteiger partial charge in [0.15, 0.2) is 10.8 Å². The molecule has 2 atom stereocenters. The Hall–Kier alpha value is -1.73. The van der Waals surface area contributed by atoms with Crippen LogP contribution < -0.4 is 5.32 Å². The van der Waals surface area contributed by atoms with Crippen LogP contribution in [0.5, 0.6) is 0 Å². The summed E-state index contributed by atoms with van der Waals surface area (Å²) in [5.41, 5.74) is 0.982. The second kappa shape index (κ2) is 5.34. The van der Waals surface area contributed by atoms with Gasteiger partial charge in [-0.05, 0) is 12.8 Å². The van der Waals surface area contributed by atoms with Crippen LogP contribution in [0.2, 0.25) is 5.15 Å². The monoisotopic (exact) mass is 295 g/mol. The lowest BCUT2D eigenvalue weighted by molar-refractivity contribution is -0.121. The number of nitrogens with zero attached hydrogens (tertiary/aromatic N) is 3. The summed E-state index contributed by atoms with van der Waals surface area (Å²) in [6.07, 6.45) is 2.95. The number of carbonyl (C=O) groups is 1. The zero-order valence-corrected chi connectivity index (χ0v) is 11.6. The van der Waals surface area contributed by atoms with Gasteiger partial charge in [0.1, 0.15) is 5.52 Å². The predicted molar refractivity (Wildman–Crippen MR) is 73.5 cm³/mol. The van der Waals surface area contributed by atoms with Crippen LogP contribution in [-0.2, 0) is 9.53 Å². The summed E-state index contributed by atoms with van der Waals surface area (Å²) >= 11 is 6.00. The third kappa shape index (κ3) is 2.34. The summed E-state index contributed by atoms with van der Waals surface area (Å²) in [5, 5.41) is 2.93. The molecular weight excluding hydrogens is 282 g/mol. The number of aromatic amines is 1. The molecule has 106 valence electrons. The highest BCUT2D eigenvalue weighted by Gasteiger charge is 2.33. The summed E-state index contributed by atoms with van der Waals surface area (Å²) < 4.78 is 5.51. The van der Waals surface area contributed by atoms with Crippen LogP contribution >= 0.6 is 11.6 Å². The number of fused-ring (bicyclic) bond motifs is 1. The average molecular weight is 296 g/mol. The van der Waals surface area contributed by atoms with Gasteiger partial charge in [0.2, 0.25) is 11.9 Å². The van der Waals surface area contributed by atoms with Gasteiger partial charge < -0.3 is 9.72 Å². The molecule has 0 saturated carbocycles. The van der Waals surface area contributed by atoms with Crippen molar-refractivity contribution in [2.45, 2.75) is 25.9 Å². The first-order chi connectivity index (χ1) is 9.69. The Labute approximate surface area is 120 Å². The normalized spacial score (nSPS) is 22.3. The van der Waals surface area contributed by atoms with Crippen LogP contribution in [0, 0.1) is 5.92 Å². The fraction of sp³-hybridized carbons (Fsp3) is 0.500. The minimum atomic E-state index is -0.169. The van der Waals surface area contributed by atoms with Crippen molar-refractivity contribution in [3.05, 3.63) is 11.5 Å². The predicted octanol–water partition coefficient (Wildman–Crippen LogP) is 1.76. The highest BCUT2D eigenvalue weighted by molar-refractivity contribution is 6.33. The van der Waals surface area contributed by atoms with Gasteiger partial charge in [-0.15, -0.1) is 0 Å². The van der Waals surface area contributed by atoms with Crippen LogP contribution in [0.25, 0.3) is 11.2 Å². The van der Waals surface area contributed by atoms with E-state index < -0.39 is 0 Å². The molecule has 0 spiro atoms. The van der Waals surface area contributed by atoms with E-state index in [9.17, 15) is 4.79 Å². The Balaban J connectivity index is 1.80. The van der Waals surface area contributed by atoms with Crippen molar-refractivity contribution in [1.82, 2.24) is 19.9 Å². The van der Waals surface area contributed by atoms with Crippen molar-refractivity contribution in [1.29, 1.82) is 0 Å². The molecule has 0 aliphatic carbocycles. The van der Waals surface area contributed by atoms with E-state index in [4.69, 9.17) is 16.3 Å². The lowest BCUT2D eigenvalue weighted by Gasteiger charge is -2.15. The number of ether oxygens (including phenoxy) is 1. The van der Waals surface area contributed by atoms with E-state index in [1.807, 2.05) is 6.92 Å². The topological polar surface area (TPSA) is 92.8 Å². The molecule has 3 heterocycles. The highest BCUT2D eigenvalue weighted by Crippen LogP contribution is 2.25. The number of anilines is 1. The van der Waals surface area contributed by atoms with Crippen LogP contribution in [-0.4, -0.2) is 38.6 Å². The first-order valence-electron chi connectivity index (χ1n) is 6.48. The van der Waals surface area contributed by atoms with Crippen LogP contribution in [0.3, 0.4) is 0 Å². The molecule has 1 aliphatic heterocycles. The van der Waals surface area contributed by atoms with Gasteiger partial charge in [-0.25, -0.2) is 4.98 Å². The number of hydrogen-bond acceptors (Lipinski definition) is 5. The number of imidazole rings is 1. The van der Waals surface area contributed by atoms with Crippen molar-refractivity contribution < 1.29 is 9.53 Å². The van der Waals surface area contributed by atoms with Crippen LogP contribution in [0.4, 0.5) is 5.95 Å². The molecule has 1 amide bonds. The number of carbonyl (C=O) groups excluding carboxylic acids is 1. The highest BCUT2D eigenvalue weighted by atomic mass is 35.5. The fourth-order valence-electron chi connectivity index (χ4n) is 2.41. The molecular formula is C12H14ClN5O2. The van der Waals surface area contributed by atoms with Gasteiger partial charge in [0.25, 0.3) is 0 Å². The molecule has 3 rings (SSSR count). The number of rotatable bonds is 3. The van der Waals surface area contributed by atoms with Crippen molar-refractivity contribution in [2.24, 2.45) is 5.92 Å². The SMILES string of the molecule is CCC1OCCC1C(=O)Nc1nc(Cl)c2[nH]cnc2n1. The summed E-state index contributed by atoms with van der Waals surface area (Å²) in [6.45, 7) is 2.61. The minimum Gasteiger partial charge on any atom is -0.377 e. The van der Waals surface area contributed by atoms with Gasteiger partial charge >= 0.3 is 0 Å². The van der Waals surface area contributed by atoms with Crippen molar-refractivity contribution in [3.8, 4) is 0 Å². The third-order valence-electron chi connectivity index (χ3n) is 3.43. The Kier molecular flexibility index (Phi) is 3.54. The number of halogens is 1. The molecule has 0 radical (unpaired) electrons. The lowest BCUT2D eigenvalue weighted by atomic mass is 9.99. The van der Waals surface area contributed by atoms with Crippen molar-refractivity contribution in [2.75, 3.05) is 11.9 Å².